The Morgan fingerprint density at radius 3 is 2.70 bits per heavy atom. The Hall–Kier alpha value is -3.29. The van der Waals surface area contributed by atoms with E-state index in [-0.39, 0.29) is 0 Å². The van der Waals surface area contributed by atoms with E-state index in [0.29, 0.717) is 41.6 Å². The van der Waals surface area contributed by atoms with Crippen LogP contribution in [-0.4, -0.2) is 19.1 Å². The maximum absolute atomic E-state index is 12.6. The monoisotopic (exact) mass is 368 g/mol. The highest BCUT2D eigenvalue weighted by atomic mass is 16.3. The molecule has 0 aromatic carbocycles. The fourth-order valence-corrected chi connectivity index (χ4v) is 3.15. The van der Waals surface area contributed by atoms with Gasteiger partial charge in [0.15, 0.2) is 22.7 Å². The lowest BCUT2D eigenvalue weighted by atomic mass is 10.3. The molecule has 0 fully saturated rings. The molecule has 0 aliphatic rings. The van der Waals surface area contributed by atoms with Crippen molar-refractivity contribution in [3.05, 3.63) is 62.9 Å². The van der Waals surface area contributed by atoms with Gasteiger partial charge in [-0.15, -0.1) is 0 Å². The Balaban J connectivity index is 2.01. The second-order valence-electron chi connectivity index (χ2n) is 6.45. The topological polar surface area (TPSA) is 99.0 Å². The van der Waals surface area contributed by atoms with Crippen LogP contribution in [0.4, 0.5) is 0 Å². The number of rotatable bonds is 6. The summed E-state index contributed by atoms with van der Waals surface area (Å²) in [5.74, 6) is 2.42. The van der Waals surface area contributed by atoms with Crippen molar-refractivity contribution >= 4 is 11.2 Å². The van der Waals surface area contributed by atoms with E-state index >= 15 is 0 Å². The van der Waals surface area contributed by atoms with Crippen LogP contribution in [0, 0.1) is 6.92 Å². The van der Waals surface area contributed by atoms with Crippen molar-refractivity contribution in [2.75, 3.05) is 0 Å². The SMILES string of the molecule is CCCCn1c(=O)[nH]c(=O)c2c1nc(-c1ccc(C)o1)n2Cc1ccco1. The Morgan fingerprint density at radius 2 is 2.04 bits per heavy atom. The minimum atomic E-state index is -0.476. The second-order valence-corrected chi connectivity index (χ2v) is 6.45. The highest BCUT2D eigenvalue weighted by Crippen LogP contribution is 2.25. The Bertz CT molecular complexity index is 1190. The van der Waals surface area contributed by atoms with Gasteiger partial charge >= 0.3 is 5.69 Å². The number of furan rings is 2. The average Bonchev–Trinajstić information content (AvgIpc) is 3.36. The van der Waals surface area contributed by atoms with E-state index in [2.05, 4.69) is 9.97 Å². The molecule has 4 aromatic rings. The van der Waals surface area contributed by atoms with Gasteiger partial charge < -0.3 is 13.4 Å². The van der Waals surface area contributed by atoms with Crippen LogP contribution < -0.4 is 11.2 Å². The van der Waals surface area contributed by atoms with Crippen molar-refractivity contribution in [3.8, 4) is 11.6 Å². The minimum absolute atomic E-state index is 0.299. The molecule has 0 aliphatic heterocycles. The van der Waals surface area contributed by atoms with Crippen LogP contribution in [0.3, 0.4) is 0 Å². The fourth-order valence-electron chi connectivity index (χ4n) is 3.15. The molecule has 0 saturated heterocycles. The third-order valence-electron chi connectivity index (χ3n) is 4.48. The van der Waals surface area contributed by atoms with E-state index in [9.17, 15) is 9.59 Å². The van der Waals surface area contributed by atoms with Gasteiger partial charge in [-0.1, -0.05) is 13.3 Å². The third-order valence-corrected chi connectivity index (χ3v) is 4.48. The third kappa shape index (κ3) is 3.03. The van der Waals surface area contributed by atoms with Gasteiger partial charge in [0.25, 0.3) is 5.56 Å². The summed E-state index contributed by atoms with van der Waals surface area (Å²) in [6.07, 6.45) is 3.30. The summed E-state index contributed by atoms with van der Waals surface area (Å²) in [4.78, 5) is 32.0. The van der Waals surface area contributed by atoms with Crippen molar-refractivity contribution in [3.63, 3.8) is 0 Å². The van der Waals surface area contributed by atoms with Gasteiger partial charge in [-0.3, -0.25) is 14.3 Å². The zero-order valence-electron chi connectivity index (χ0n) is 15.2. The normalized spacial score (nSPS) is 11.5. The molecule has 0 bridgehead atoms. The van der Waals surface area contributed by atoms with E-state index in [1.807, 2.05) is 26.0 Å². The number of aromatic nitrogens is 4. The number of H-pyrrole nitrogens is 1. The molecule has 8 nitrogen and oxygen atoms in total. The van der Waals surface area contributed by atoms with E-state index < -0.39 is 11.2 Å². The van der Waals surface area contributed by atoms with Crippen LogP contribution in [0.2, 0.25) is 0 Å². The molecule has 1 N–H and O–H groups in total. The van der Waals surface area contributed by atoms with Crippen LogP contribution in [0.5, 0.6) is 0 Å². The lowest BCUT2D eigenvalue weighted by molar-refractivity contribution is 0.493. The molecule has 4 heterocycles. The van der Waals surface area contributed by atoms with Gasteiger partial charge in [-0.05, 0) is 37.6 Å². The average molecular weight is 368 g/mol. The number of fused-ring (bicyclic) bond motifs is 1. The summed E-state index contributed by atoms with van der Waals surface area (Å²) < 4.78 is 14.4. The number of nitrogens with one attached hydrogen (secondary N) is 1. The molecule has 0 unspecified atom stereocenters. The molecule has 140 valence electrons. The number of hydrogen-bond donors (Lipinski definition) is 1. The van der Waals surface area contributed by atoms with Crippen LogP contribution in [0.1, 0.15) is 31.3 Å². The molecule has 4 rings (SSSR count). The summed E-state index contributed by atoms with van der Waals surface area (Å²) in [5, 5.41) is 0. The second kappa shape index (κ2) is 6.79. The first kappa shape index (κ1) is 17.1. The van der Waals surface area contributed by atoms with Gasteiger partial charge in [0, 0.05) is 6.54 Å². The number of hydrogen-bond acceptors (Lipinski definition) is 5. The van der Waals surface area contributed by atoms with Gasteiger partial charge in [-0.25, -0.2) is 9.78 Å². The maximum atomic E-state index is 12.6. The molecule has 0 radical (unpaired) electrons. The molecule has 0 atom stereocenters. The number of aromatic amines is 1. The van der Waals surface area contributed by atoms with Crippen LogP contribution in [0.15, 0.2) is 49.0 Å². The van der Waals surface area contributed by atoms with E-state index in [1.165, 1.54) is 4.57 Å². The predicted octanol–water partition coefficient (Wildman–Crippen LogP) is 2.90. The lowest BCUT2D eigenvalue weighted by Crippen LogP contribution is -2.31. The first-order valence-corrected chi connectivity index (χ1v) is 8.91. The highest BCUT2D eigenvalue weighted by Gasteiger charge is 2.22. The summed E-state index contributed by atoms with van der Waals surface area (Å²) in [7, 11) is 0. The molecular weight excluding hydrogens is 348 g/mol. The van der Waals surface area contributed by atoms with Crippen molar-refractivity contribution in [2.45, 2.75) is 39.8 Å². The molecular formula is C19H20N4O4. The molecule has 4 aromatic heterocycles. The zero-order chi connectivity index (χ0) is 19.0. The number of imidazole rings is 1. The van der Waals surface area contributed by atoms with Crippen LogP contribution >= 0.6 is 0 Å². The molecule has 0 aliphatic carbocycles. The predicted molar refractivity (Wildman–Crippen MR) is 99.8 cm³/mol. The Labute approximate surface area is 154 Å². The van der Waals surface area contributed by atoms with E-state index in [1.54, 1.807) is 23.0 Å². The van der Waals surface area contributed by atoms with Crippen molar-refractivity contribution < 1.29 is 8.83 Å². The standard InChI is InChI=1S/C19H20N4O4/c1-3-4-9-22-17-15(18(24)21-19(22)25)23(11-13-6-5-10-26-13)16(20-17)14-8-7-12(2)27-14/h5-8,10H,3-4,9,11H2,1-2H3,(H,21,24,25). The fraction of sp³-hybridized carbons (Fsp3) is 0.316. The Morgan fingerprint density at radius 1 is 1.19 bits per heavy atom. The summed E-state index contributed by atoms with van der Waals surface area (Å²) in [5.41, 5.74) is -0.249. The quantitative estimate of drug-likeness (QED) is 0.564. The Kier molecular flexibility index (Phi) is 4.31. The first-order chi connectivity index (χ1) is 13.1. The summed E-state index contributed by atoms with van der Waals surface area (Å²) in [6, 6.07) is 7.25. The highest BCUT2D eigenvalue weighted by molar-refractivity contribution is 5.76. The van der Waals surface area contributed by atoms with E-state index in [0.717, 1.165) is 18.6 Å². The van der Waals surface area contributed by atoms with Gasteiger partial charge in [-0.2, -0.15) is 0 Å². The molecule has 27 heavy (non-hydrogen) atoms. The van der Waals surface area contributed by atoms with Crippen molar-refractivity contribution in [1.29, 1.82) is 0 Å². The lowest BCUT2D eigenvalue weighted by Gasteiger charge is -2.07. The van der Waals surface area contributed by atoms with Crippen LogP contribution in [0.25, 0.3) is 22.7 Å². The van der Waals surface area contributed by atoms with Gasteiger partial charge in [0.1, 0.15) is 11.5 Å². The number of nitrogens with zero attached hydrogens (tertiary/aromatic N) is 3. The van der Waals surface area contributed by atoms with Gasteiger partial charge in [0.05, 0.1) is 12.8 Å². The first-order valence-electron chi connectivity index (χ1n) is 8.91. The zero-order valence-corrected chi connectivity index (χ0v) is 15.2. The molecule has 8 heteroatoms. The molecule has 0 amide bonds. The summed E-state index contributed by atoms with van der Waals surface area (Å²) in [6.45, 7) is 4.66. The van der Waals surface area contributed by atoms with Crippen LogP contribution in [-0.2, 0) is 13.1 Å². The molecule has 0 saturated carbocycles. The van der Waals surface area contributed by atoms with E-state index in [4.69, 9.17) is 8.83 Å². The summed E-state index contributed by atoms with van der Waals surface area (Å²) >= 11 is 0. The van der Waals surface area contributed by atoms with Crippen molar-refractivity contribution in [2.24, 2.45) is 0 Å². The number of aryl methyl sites for hydroxylation is 2. The van der Waals surface area contributed by atoms with Crippen molar-refractivity contribution in [1.82, 2.24) is 19.1 Å². The number of unbranched alkanes of at least 4 members (excludes halogenated alkanes) is 1. The minimum Gasteiger partial charge on any atom is -0.467 e. The van der Waals surface area contributed by atoms with Gasteiger partial charge in [0.2, 0.25) is 0 Å². The molecule has 0 spiro atoms. The largest absolute Gasteiger partial charge is 0.467 e. The smallest absolute Gasteiger partial charge is 0.330 e. The maximum Gasteiger partial charge on any atom is 0.330 e.